The summed E-state index contributed by atoms with van der Waals surface area (Å²) in [6, 6.07) is 28.1. The molecule has 5 rings (SSSR count). The Balaban J connectivity index is 1.37. The van der Waals surface area contributed by atoms with Gasteiger partial charge in [0.05, 0.1) is 6.42 Å². The Bertz CT molecular complexity index is 1890. The van der Waals surface area contributed by atoms with E-state index in [-0.39, 0.29) is 24.7 Å². The fraction of sp³-hybridized carbons (Fsp3) is 0.225. The maximum Gasteiger partial charge on any atom is 0.308 e. The van der Waals surface area contributed by atoms with Gasteiger partial charge in [-0.3, -0.25) is 24.2 Å². The molecule has 2 unspecified atom stereocenters. The van der Waals surface area contributed by atoms with E-state index in [4.69, 9.17) is 4.74 Å². The zero-order chi connectivity index (χ0) is 35.0. The Kier molecular flexibility index (Phi) is 10.8. The Hall–Kier alpha value is -5.83. The van der Waals surface area contributed by atoms with Gasteiger partial charge in [0.2, 0.25) is 11.8 Å². The summed E-state index contributed by atoms with van der Waals surface area (Å²) in [5.74, 6) is -1.41. The minimum absolute atomic E-state index is 0.0185. The van der Waals surface area contributed by atoms with E-state index in [9.17, 15) is 19.2 Å². The SMILES string of the molecule is CC(=O)c1ccc(-c2ccc(-c3ccn(C(CC(=O)OCc4ccccc4)C(=O)NC(C(=O)Nc4ccncc4)C(C)(C)C)c3)cc2)cc1. The summed E-state index contributed by atoms with van der Waals surface area (Å²) < 4.78 is 7.24. The lowest BCUT2D eigenvalue weighted by atomic mass is 9.85. The number of Topliss-reactive ketones (excluding diaryl/α,β-unsaturated/α-hetero) is 1. The molecule has 0 fully saturated rings. The molecule has 9 nitrogen and oxygen atoms in total. The molecule has 2 N–H and O–H groups in total. The maximum atomic E-state index is 14.0. The molecule has 0 aliphatic rings. The minimum Gasteiger partial charge on any atom is -0.461 e. The number of esters is 1. The van der Waals surface area contributed by atoms with Crippen molar-refractivity contribution in [2.24, 2.45) is 5.41 Å². The summed E-state index contributed by atoms with van der Waals surface area (Å²) in [6.45, 7) is 7.21. The number of carbonyl (C=O) groups excluding carboxylic acids is 4. The van der Waals surface area contributed by atoms with Gasteiger partial charge in [-0.15, -0.1) is 0 Å². The highest BCUT2D eigenvalue weighted by molar-refractivity contribution is 5.98. The van der Waals surface area contributed by atoms with Crippen LogP contribution in [0.4, 0.5) is 5.69 Å². The first-order chi connectivity index (χ1) is 23.5. The van der Waals surface area contributed by atoms with Gasteiger partial charge in [0, 0.05) is 36.0 Å². The van der Waals surface area contributed by atoms with Crippen LogP contribution in [-0.4, -0.2) is 39.2 Å². The fourth-order valence-electron chi connectivity index (χ4n) is 5.38. The second kappa shape index (κ2) is 15.4. The standard InChI is InChI=1S/C40H40N4O5/c1-27(45)29-10-12-30(13-11-29)31-14-16-32(17-15-31)33-20-23-44(25-33)35(24-36(46)49-26-28-8-6-5-7-9-28)38(47)43-37(40(2,3)4)39(48)42-34-18-21-41-22-19-34/h5-23,25,35,37H,24,26H2,1-4H3,(H,43,47)(H,41,42,48). The Morgan fingerprint density at radius 2 is 1.35 bits per heavy atom. The number of carbonyl (C=O) groups is 4. The van der Waals surface area contributed by atoms with E-state index in [1.54, 1.807) is 42.2 Å². The van der Waals surface area contributed by atoms with Crippen molar-refractivity contribution in [2.75, 3.05) is 5.32 Å². The van der Waals surface area contributed by atoms with Crippen LogP contribution < -0.4 is 10.6 Å². The molecule has 0 aliphatic heterocycles. The summed E-state index contributed by atoms with van der Waals surface area (Å²) in [5, 5.41) is 5.78. The van der Waals surface area contributed by atoms with Crippen LogP contribution in [-0.2, 0) is 25.7 Å². The predicted molar refractivity (Wildman–Crippen MR) is 189 cm³/mol. The number of nitrogens with one attached hydrogen (secondary N) is 2. The van der Waals surface area contributed by atoms with Gasteiger partial charge in [-0.25, -0.2) is 0 Å². The van der Waals surface area contributed by atoms with Gasteiger partial charge in [-0.2, -0.15) is 0 Å². The number of anilines is 1. The summed E-state index contributed by atoms with van der Waals surface area (Å²) in [6.07, 6.45) is 6.46. The van der Waals surface area contributed by atoms with Crippen LogP contribution in [0.1, 0.15) is 56.1 Å². The molecule has 5 aromatic rings. The molecular formula is C40H40N4O5. The lowest BCUT2D eigenvalue weighted by Gasteiger charge is -2.32. The highest BCUT2D eigenvalue weighted by atomic mass is 16.5. The third kappa shape index (κ3) is 9.16. The van der Waals surface area contributed by atoms with Crippen molar-refractivity contribution in [3.63, 3.8) is 0 Å². The zero-order valence-electron chi connectivity index (χ0n) is 28.1. The first-order valence-electron chi connectivity index (χ1n) is 16.1. The average Bonchev–Trinajstić information content (AvgIpc) is 3.59. The second-order valence-corrected chi connectivity index (χ2v) is 13.0. The molecular weight excluding hydrogens is 616 g/mol. The van der Waals surface area contributed by atoms with Gasteiger partial charge < -0.3 is 19.9 Å². The summed E-state index contributed by atoms with van der Waals surface area (Å²) in [4.78, 5) is 56.3. The van der Waals surface area contributed by atoms with Crippen molar-refractivity contribution < 1.29 is 23.9 Å². The highest BCUT2D eigenvalue weighted by Gasteiger charge is 2.36. The van der Waals surface area contributed by atoms with Crippen LogP contribution in [0, 0.1) is 5.41 Å². The molecule has 2 heterocycles. The van der Waals surface area contributed by atoms with E-state index in [0.717, 1.165) is 27.8 Å². The number of hydrogen-bond donors (Lipinski definition) is 2. The molecule has 2 aromatic heterocycles. The molecule has 0 saturated heterocycles. The summed E-state index contributed by atoms with van der Waals surface area (Å²) >= 11 is 0. The van der Waals surface area contributed by atoms with Crippen LogP contribution in [0.25, 0.3) is 22.3 Å². The molecule has 3 aromatic carbocycles. The van der Waals surface area contributed by atoms with Crippen molar-refractivity contribution in [1.29, 1.82) is 0 Å². The molecule has 0 spiro atoms. The topological polar surface area (TPSA) is 119 Å². The monoisotopic (exact) mass is 656 g/mol. The van der Waals surface area contributed by atoms with E-state index < -0.39 is 29.4 Å². The number of rotatable bonds is 12. The summed E-state index contributed by atoms with van der Waals surface area (Å²) in [5.41, 5.74) is 5.14. The van der Waals surface area contributed by atoms with E-state index in [1.807, 2.05) is 112 Å². The third-order valence-electron chi connectivity index (χ3n) is 8.19. The van der Waals surface area contributed by atoms with Gasteiger partial charge in [0.25, 0.3) is 0 Å². The minimum atomic E-state index is -0.991. The van der Waals surface area contributed by atoms with Gasteiger partial charge in [0.15, 0.2) is 5.78 Å². The molecule has 0 bridgehead atoms. The largest absolute Gasteiger partial charge is 0.461 e. The van der Waals surface area contributed by atoms with E-state index >= 15 is 0 Å². The van der Waals surface area contributed by atoms with Crippen molar-refractivity contribution in [2.45, 2.75) is 52.8 Å². The quantitative estimate of drug-likeness (QED) is 0.108. The molecule has 0 saturated carbocycles. The number of ketones is 1. The number of benzene rings is 3. The fourth-order valence-corrected chi connectivity index (χ4v) is 5.38. The normalized spacial score (nSPS) is 12.4. The summed E-state index contributed by atoms with van der Waals surface area (Å²) in [7, 11) is 0. The average molecular weight is 657 g/mol. The highest BCUT2D eigenvalue weighted by Crippen LogP contribution is 2.28. The van der Waals surface area contributed by atoms with E-state index in [2.05, 4.69) is 15.6 Å². The Morgan fingerprint density at radius 3 is 1.94 bits per heavy atom. The van der Waals surface area contributed by atoms with Crippen molar-refractivity contribution >= 4 is 29.3 Å². The molecule has 250 valence electrons. The number of hydrogen-bond acceptors (Lipinski definition) is 6. The van der Waals surface area contributed by atoms with Crippen LogP contribution in [0.2, 0.25) is 0 Å². The number of aromatic nitrogens is 2. The lowest BCUT2D eigenvalue weighted by molar-refractivity contribution is -0.148. The molecule has 2 atom stereocenters. The van der Waals surface area contributed by atoms with Crippen LogP contribution in [0.3, 0.4) is 0 Å². The Labute approximate surface area is 286 Å². The Morgan fingerprint density at radius 1 is 0.755 bits per heavy atom. The van der Waals surface area contributed by atoms with Gasteiger partial charge in [-0.05, 0) is 58.4 Å². The zero-order valence-corrected chi connectivity index (χ0v) is 28.1. The number of pyridine rings is 1. The first kappa shape index (κ1) is 34.5. The van der Waals surface area contributed by atoms with Gasteiger partial charge >= 0.3 is 5.97 Å². The van der Waals surface area contributed by atoms with E-state index in [1.165, 1.54) is 0 Å². The van der Waals surface area contributed by atoms with Crippen LogP contribution >= 0.6 is 0 Å². The third-order valence-corrected chi connectivity index (χ3v) is 8.19. The van der Waals surface area contributed by atoms with Crippen molar-refractivity contribution in [3.05, 3.63) is 133 Å². The lowest BCUT2D eigenvalue weighted by Crippen LogP contribution is -2.53. The smallest absolute Gasteiger partial charge is 0.308 e. The van der Waals surface area contributed by atoms with Crippen molar-refractivity contribution in [3.8, 4) is 22.3 Å². The van der Waals surface area contributed by atoms with Crippen LogP contribution in [0.15, 0.2) is 122 Å². The first-order valence-corrected chi connectivity index (χ1v) is 16.1. The number of amides is 2. The predicted octanol–water partition coefficient (Wildman–Crippen LogP) is 7.26. The molecule has 49 heavy (non-hydrogen) atoms. The molecule has 2 amide bonds. The van der Waals surface area contributed by atoms with Crippen molar-refractivity contribution in [1.82, 2.24) is 14.9 Å². The van der Waals surface area contributed by atoms with Crippen LogP contribution in [0.5, 0.6) is 0 Å². The maximum absolute atomic E-state index is 14.0. The van der Waals surface area contributed by atoms with Gasteiger partial charge in [-0.1, -0.05) is 99.6 Å². The number of ether oxygens (including phenoxy) is 1. The number of nitrogens with zero attached hydrogens (tertiary/aromatic N) is 2. The second-order valence-electron chi connectivity index (χ2n) is 13.0. The molecule has 9 heteroatoms. The molecule has 0 radical (unpaired) electrons. The van der Waals surface area contributed by atoms with Gasteiger partial charge in [0.1, 0.15) is 18.7 Å². The van der Waals surface area contributed by atoms with E-state index in [0.29, 0.717) is 11.3 Å². The molecule has 0 aliphatic carbocycles.